The molecule has 2 aromatic rings. The third-order valence-electron chi connectivity index (χ3n) is 2.51. The third-order valence-corrected chi connectivity index (χ3v) is 2.51. The molecule has 96 valence electrons. The Bertz CT molecular complexity index is 577. The second-order valence-electron chi connectivity index (χ2n) is 4.02. The van der Waals surface area contributed by atoms with Gasteiger partial charge in [-0.05, 0) is 12.5 Å². The number of pyridine rings is 1. The molecule has 0 aliphatic carbocycles. The number of aryl methyl sites for hydroxylation is 1. The van der Waals surface area contributed by atoms with Crippen molar-refractivity contribution in [3.05, 3.63) is 46.2 Å². The predicted octanol–water partition coefficient (Wildman–Crippen LogP) is 1.76. The molecule has 0 aliphatic rings. The van der Waals surface area contributed by atoms with Gasteiger partial charge in [0.25, 0.3) is 5.56 Å². The zero-order valence-corrected chi connectivity index (χ0v) is 10.1. The fourth-order valence-corrected chi connectivity index (χ4v) is 1.56. The number of aromatic nitrogens is 3. The van der Waals surface area contributed by atoms with Crippen LogP contribution in [0.2, 0.25) is 0 Å². The summed E-state index contributed by atoms with van der Waals surface area (Å²) in [7, 11) is 0. The monoisotopic (exact) mass is 251 g/mol. The van der Waals surface area contributed by atoms with Gasteiger partial charge in [0, 0.05) is 18.7 Å². The molecule has 5 nitrogen and oxygen atoms in total. The van der Waals surface area contributed by atoms with Crippen LogP contribution in [0.4, 0.5) is 4.39 Å². The predicted molar refractivity (Wildman–Crippen MR) is 62.7 cm³/mol. The minimum atomic E-state index is -0.468. The molecule has 2 rings (SSSR count). The highest BCUT2D eigenvalue weighted by molar-refractivity contribution is 4.99. The third kappa shape index (κ3) is 3.03. The van der Waals surface area contributed by atoms with Crippen molar-refractivity contribution < 1.29 is 8.91 Å². The smallest absolute Gasteiger partial charge is 0.251 e. The SMILES string of the molecule is CCCCc1nc(Cn2cc(F)ccc2=O)no1. The van der Waals surface area contributed by atoms with Gasteiger partial charge >= 0.3 is 0 Å². The van der Waals surface area contributed by atoms with Gasteiger partial charge in [-0.2, -0.15) is 4.98 Å². The molecule has 0 saturated heterocycles. The van der Waals surface area contributed by atoms with Gasteiger partial charge in [0.2, 0.25) is 5.89 Å². The lowest BCUT2D eigenvalue weighted by atomic mass is 10.2. The molecule has 0 N–H and O–H groups in total. The first kappa shape index (κ1) is 12.5. The van der Waals surface area contributed by atoms with Gasteiger partial charge in [-0.15, -0.1) is 0 Å². The van der Waals surface area contributed by atoms with E-state index in [1.807, 2.05) is 0 Å². The fraction of sp³-hybridized carbons (Fsp3) is 0.417. The lowest BCUT2D eigenvalue weighted by molar-refractivity contribution is 0.368. The van der Waals surface area contributed by atoms with E-state index in [9.17, 15) is 9.18 Å². The van der Waals surface area contributed by atoms with Crippen LogP contribution in [-0.2, 0) is 13.0 Å². The Kier molecular flexibility index (Phi) is 3.86. The number of halogens is 1. The largest absolute Gasteiger partial charge is 0.339 e. The van der Waals surface area contributed by atoms with Gasteiger partial charge in [-0.1, -0.05) is 18.5 Å². The Morgan fingerprint density at radius 1 is 1.44 bits per heavy atom. The summed E-state index contributed by atoms with van der Waals surface area (Å²) in [4.78, 5) is 15.6. The van der Waals surface area contributed by atoms with E-state index in [1.54, 1.807) is 0 Å². The van der Waals surface area contributed by atoms with Crippen LogP contribution in [0.15, 0.2) is 27.6 Å². The Labute approximate surface area is 103 Å². The van der Waals surface area contributed by atoms with Crippen molar-refractivity contribution in [3.8, 4) is 0 Å². The van der Waals surface area contributed by atoms with Gasteiger partial charge in [-0.25, -0.2) is 4.39 Å². The number of rotatable bonds is 5. The highest BCUT2D eigenvalue weighted by Crippen LogP contribution is 2.04. The van der Waals surface area contributed by atoms with Crippen LogP contribution in [0, 0.1) is 5.82 Å². The number of hydrogen-bond acceptors (Lipinski definition) is 4. The average Bonchev–Trinajstić information content (AvgIpc) is 2.79. The van der Waals surface area contributed by atoms with Crippen molar-refractivity contribution in [2.75, 3.05) is 0 Å². The first-order valence-electron chi connectivity index (χ1n) is 5.86. The lowest BCUT2D eigenvalue weighted by Crippen LogP contribution is -2.20. The molecule has 0 amide bonds. The highest BCUT2D eigenvalue weighted by atomic mass is 19.1. The van der Waals surface area contributed by atoms with Crippen LogP contribution in [0.3, 0.4) is 0 Å². The molecule has 2 aromatic heterocycles. The summed E-state index contributed by atoms with van der Waals surface area (Å²) >= 11 is 0. The number of hydrogen-bond donors (Lipinski definition) is 0. The fourth-order valence-electron chi connectivity index (χ4n) is 1.56. The summed E-state index contributed by atoms with van der Waals surface area (Å²) in [6, 6.07) is 2.30. The first-order chi connectivity index (χ1) is 8.69. The van der Waals surface area contributed by atoms with Crippen molar-refractivity contribution in [3.63, 3.8) is 0 Å². The molecule has 0 fully saturated rings. The van der Waals surface area contributed by atoms with Crippen LogP contribution < -0.4 is 5.56 Å². The number of unbranched alkanes of at least 4 members (excludes halogenated alkanes) is 1. The van der Waals surface area contributed by atoms with E-state index in [2.05, 4.69) is 17.1 Å². The molecule has 0 aromatic carbocycles. The summed E-state index contributed by atoms with van der Waals surface area (Å²) < 4.78 is 19.2. The quantitative estimate of drug-likeness (QED) is 0.812. The Morgan fingerprint density at radius 2 is 2.28 bits per heavy atom. The van der Waals surface area contributed by atoms with Crippen molar-refractivity contribution in [2.24, 2.45) is 0 Å². The standard InChI is InChI=1S/C12H14FN3O2/c1-2-3-4-11-14-10(15-18-11)8-16-7-9(13)5-6-12(16)17/h5-7H,2-4,8H2,1H3. The van der Waals surface area contributed by atoms with Gasteiger partial charge < -0.3 is 9.09 Å². The second-order valence-corrected chi connectivity index (χ2v) is 4.02. The molecule has 0 spiro atoms. The van der Waals surface area contributed by atoms with Crippen LogP contribution in [-0.4, -0.2) is 14.7 Å². The first-order valence-corrected chi connectivity index (χ1v) is 5.86. The summed E-state index contributed by atoms with van der Waals surface area (Å²) in [5, 5.41) is 3.77. The minimum absolute atomic E-state index is 0.117. The van der Waals surface area contributed by atoms with Crippen molar-refractivity contribution >= 4 is 0 Å². The number of nitrogens with zero attached hydrogens (tertiary/aromatic N) is 3. The topological polar surface area (TPSA) is 60.9 Å². The Morgan fingerprint density at radius 3 is 3.06 bits per heavy atom. The van der Waals surface area contributed by atoms with Gasteiger partial charge in [-0.3, -0.25) is 4.79 Å². The molecular weight excluding hydrogens is 237 g/mol. The molecule has 0 unspecified atom stereocenters. The Hall–Kier alpha value is -1.98. The average molecular weight is 251 g/mol. The molecule has 0 radical (unpaired) electrons. The summed E-state index contributed by atoms with van der Waals surface area (Å²) in [6.07, 6.45) is 3.87. The molecule has 6 heteroatoms. The molecule has 2 heterocycles. The van der Waals surface area contributed by atoms with E-state index >= 15 is 0 Å². The molecule has 0 saturated carbocycles. The molecule has 0 aliphatic heterocycles. The van der Waals surface area contributed by atoms with Crippen LogP contribution in [0.5, 0.6) is 0 Å². The maximum absolute atomic E-state index is 13.0. The maximum Gasteiger partial charge on any atom is 0.251 e. The highest BCUT2D eigenvalue weighted by Gasteiger charge is 2.07. The van der Waals surface area contributed by atoms with E-state index in [0.717, 1.165) is 31.5 Å². The van der Waals surface area contributed by atoms with Crippen LogP contribution in [0.1, 0.15) is 31.5 Å². The van der Waals surface area contributed by atoms with Gasteiger partial charge in [0.15, 0.2) is 5.82 Å². The van der Waals surface area contributed by atoms with Crippen molar-refractivity contribution in [2.45, 2.75) is 32.7 Å². The van der Waals surface area contributed by atoms with E-state index in [1.165, 1.54) is 10.6 Å². The van der Waals surface area contributed by atoms with Crippen molar-refractivity contribution in [1.29, 1.82) is 0 Å². The van der Waals surface area contributed by atoms with E-state index < -0.39 is 5.82 Å². The Balaban J connectivity index is 2.11. The zero-order chi connectivity index (χ0) is 13.0. The maximum atomic E-state index is 13.0. The molecule has 0 atom stereocenters. The molecule has 0 bridgehead atoms. The summed E-state index contributed by atoms with van der Waals surface area (Å²) in [5.41, 5.74) is -0.295. The molecular formula is C12H14FN3O2. The van der Waals surface area contributed by atoms with Crippen molar-refractivity contribution in [1.82, 2.24) is 14.7 Å². The zero-order valence-electron chi connectivity index (χ0n) is 10.1. The molecule has 18 heavy (non-hydrogen) atoms. The lowest BCUT2D eigenvalue weighted by Gasteiger charge is -2.00. The van der Waals surface area contributed by atoms with E-state index in [4.69, 9.17) is 4.52 Å². The van der Waals surface area contributed by atoms with Crippen LogP contribution >= 0.6 is 0 Å². The van der Waals surface area contributed by atoms with E-state index in [0.29, 0.717) is 11.7 Å². The minimum Gasteiger partial charge on any atom is -0.339 e. The second kappa shape index (κ2) is 5.57. The van der Waals surface area contributed by atoms with Gasteiger partial charge in [0.1, 0.15) is 5.82 Å². The summed E-state index contributed by atoms with van der Waals surface area (Å²) in [6.45, 7) is 2.19. The summed E-state index contributed by atoms with van der Waals surface area (Å²) in [5.74, 6) is 0.467. The van der Waals surface area contributed by atoms with Gasteiger partial charge in [0.05, 0.1) is 6.54 Å². The van der Waals surface area contributed by atoms with E-state index in [-0.39, 0.29) is 12.1 Å². The van der Waals surface area contributed by atoms with Crippen LogP contribution in [0.25, 0.3) is 0 Å². The normalized spacial score (nSPS) is 10.8.